The minimum Gasteiger partial charge on any atom is -0.370 e. The Kier molecular flexibility index (Phi) is 7.81. The van der Waals surface area contributed by atoms with Crippen LogP contribution in [-0.4, -0.2) is 29.4 Å². The van der Waals surface area contributed by atoms with E-state index in [1.807, 2.05) is 13.8 Å². The van der Waals surface area contributed by atoms with Crippen LogP contribution in [0.3, 0.4) is 0 Å². The van der Waals surface area contributed by atoms with Gasteiger partial charge in [-0.15, -0.1) is 0 Å². The van der Waals surface area contributed by atoms with Gasteiger partial charge in [-0.2, -0.15) is 0 Å². The Morgan fingerprint density at radius 2 is 1.39 bits per heavy atom. The molecule has 150 valence electrons. The molecule has 0 saturated heterocycles. The first-order valence-electron chi connectivity index (χ1n) is 10.6. The molecule has 0 aromatic heterocycles. The van der Waals surface area contributed by atoms with Crippen LogP contribution in [0.2, 0.25) is 0 Å². The monoisotopic (exact) mass is 379 g/mol. The smallest absolute Gasteiger partial charge is 0.160 e. The molecule has 3 heteroatoms. The summed E-state index contributed by atoms with van der Waals surface area (Å²) in [7, 11) is 0. The zero-order valence-corrected chi connectivity index (χ0v) is 17.2. The van der Waals surface area contributed by atoms with E-state index in [-0.39, 0.29) is 24.4 Å². The van der Waals surface area contributed by atoms with Crippen LogP contribution in [0, 0.1) is 5.92 Å². The SMILES string of the molecule is CC(C)C(=O)COC1CCC(N(Cc2ccccc2)Cc2ccccc2)CC1. The van der Waals surface area contributed by atoms with E-state index in [9.17, 15) is 4.79 Å². The molecule has 0 aliphatic heterocycles. The Hall–Kier alpha value is -1.97. The molecule has 0 heterocycles. The van der Waals surface area contributed by atoms with E-state index in [4.69, 9.17) is 4.74 Å². The van der Waals surface area contributed by atoms with Crippen molar-refractivity contribution in [2.24, 2.45) is 5.92 Å². The van der Waals surface area contributed by atoms with Gasteiger partial charge in [-0.1, -0.05) is 74.5 Å². The highest BCUT2D eigenvalue weighted by molar-refractivity contribution is 5.81. The summed E-state index contributed by atoms with van der Waals surface area (Å²) in [6.07, 6.45) is 4.56. The Bertz CT molecular complexity index is 664. The topological polar surface area (TPSA) is 29.5 Å². The van der Waals surface area contributed by atoms with Crippen LogP contribution in [0.1, 0.15) is 50.7 Å². The van der Waals surface area contributed by atoms with E-state index in [0.717, 1.165) is 38.8 Å². The van der Waals surface area contributed by atoms with Gasteiger partial charge in [-0.3, -0.25) is 9.69 Å². The Morgan fingerprint density at radius 1 is 0.893 bits per heavy atom. The molecule has 2 aromatic carbocycles. The summed E-state index contributed by atoms with van der Waals surface area (Å²) in [6, 6.07) is 22.0. The molecule has 0 radical (unpaired) electrons. The van der Waals surface area contributed by atoms with Crippen molar-refractivity contribution in [3.63, 3.8) is 0 Å². The number of hydrogen-bond acceptors (Lipinski definition) is 3. The summed E-state index contributed by atoms with van der Waals surface area (Å²) in [6.45, 7) is 6.08. The predicted octanol–water partition coefficient (Wildman–Crippen LogP) is 5.24. The van der Waals surface area contributed by atoms with Crippen LogP contribution in [0.4, 0.5) is 0 Å². The summed E-state index contributed by atoms with van der Waals surface area (Å²) in [5.74, 6) is 0.264. The number of benzene rings is 2. The Labute approximate surface area is 169 Å². The molecule has 3 rings (SSSR count). The zero-order valence-electron chi connectivity index (χ0n) is 17.2. The van der Waals surface area contributed by atoms with Crippen LogP contribution in [-0.2, 0) is 22.6 Å². The zero-order chi connectivity index (χ0) is 19.8. The lowest BCUT2D eigenvalue weighted by molar-refractivity contribution is -0.129. The molecule has 1 fully saturated rings. The number of ether oxygens (including phenoxy) is 1. The maximum Gasteiger partial charge on any atom is 0.160 e. The minimum atomic E-state index is 0.0589. The molecular weight excluding hydrogens is 346 g/mol. The van der Waals surface area contributed by atoms with E-state index < -0.39 is 0 Å². The van der Waals surface area contributed by atoms with Crippen LogP contribution in [0.15, 0.2) is 60.7 Å². The number of hydrogen-bond donors (Lipinski definition) is 0. The van der Waals surface area contributed by atoms with Crippen LogP contribution < -0.4 is 0 Å². The lowest BCUT2D eigenvalue weighted by atomic mass is 9.91. The average molecular weight is 380 g/mol. The van der Waals surface area contributed by atoms with E-state index in [1.54, 1.807) is 0 Å². The van der Waals surface area contributed by atoms with Gasteiger partial charge in [0, 0.05) is 25.0 Å². The molecule has 0 bridgehead atoms. The first kappa shape index (κ1) is 20.8. The van der Waals surface area contributed by atoms with Gasteiger partial charge >= 0.3 is 0 Å². The molecule has 0 unspecified atom stereocenters. The summed E-state index contributed by atoms with van der Waals surface area (Å²) >= 11 is 0. The Balaban J connectivity index is 1.58. The van der Waals surface area contributed by atoms with Crippen molar-refractivity contribution in [3.05, 3.63) is 71.8 Å². The number of Topliss-reactive ketones (excluding diaryl/α,β-unsaturated/α-hetero) is 1. The van der Waals surface area contributed by atoms with E-state index in [1.165, 1.54) is 11.1 Å². The first-order chi connectivity index (χ1) is 13.6. The molecule has 0 amide bonds. The fraction of sp³-hybridized carbons (Fsp3) is 0.480. The van der Waals surface area contributed by atoms with Crippen molar-refractivity contribution < 1.29 is 9.53 Å². The maximum absolute atomic E-state index is 11.8. The summed E-state index contributed by atoms with van der Waals surface area (Å²) in [4.78, 5) is 14.4. The van der Waals surface area contributed by atoms with Crippen molar-refractivity contribution in [1.82, 2.24) is 4.90 Å². The van der Waals surface area contributed by atoms with E-state index >= 15 is 0 Å². The molecule has 1 aliphatic carbocycles. The van der Waals surface area contributed by atoms with Crippen LogP contribution >= 0.6 is 0 Å². The van der Waals surface area contributed by atoms with Gasteiger partial charge in [-0.25, -0.2) is 0 Å². The molecule has 28 heavy (non-hydrogen) atoms. The highest BCUT2D eigenvalue weighted by Gasteiger charge is 2.27. The third-order valence-corrected chi connectivity index (χ3v) is 5.72. The quantitative estimate of drug-likeness (QED) is 0.596. The maximum atomic E-state index is 11.8. The molecule has 1 saturated carbocycles. The minimum absolute atomic E-state index is 0.0589. The van der Waals surface area contributed by atoms with Crippen molar-refractivity contribution in [2.75, 3.05) is 6.61 Å². The molecule has 1 aliphatic rings. The van der Waals surface area contributed by atoms with Gasteiger partial charge in [0.2, 0.25) is 0 Å². The van der Waals surface area contributed by atoms with Gasteiger partial charge in [0.25, 0.3) is 0 Å². The van der Waals surface area contributed by atoms with Crippen molar-refractivity contribution in [2.45, 2.75) is 64.8 Å². The second kappa shape index (κ2) is 10.5. The van der Waals surface area contributed by atoms with Gasteiger partial charge in [0.05, 0.1) is 6.10 Å². The number of rotatable bonds is 9. The fourth-order valence-corrected chi connectivity index (χ4v) is 3.89. The van der Waals surface area contributed by atoms with Crippen molar-refractivity contribution in [3.8, 4) is 0 Å². The van der Waals surface area contributed by atoms with Gasteiger partial charge in [0.1, 0.15) is 6.61 Å². The second-order valence-electron chi connectivity index (χ2n) is 8.24. The van der Waals surface area contributed by atoms with Gasteiger partial charge in [-0.05, 0) is 36.8 Å². The van der Waals surface area contributed by atoms with Crippen molar-refractivity contribution >= 4 is 5.78 Å². The largest absolute Gasteiger partial charge is 0.370 e. The number of carbonyl (C=O) groups excluding carboxylic acids is 1. The highest BCUT2D eigenvalue weighted by atomic mass is 16.5. The van der Waals surface area contributed by atoms with E-state index in [0.29, 0.717) is 6.04 Å². The highest BCUT2D eigenvalue weighted by Crippen LogP contribution is 2.27. The van der Waals surface area contributed by atoms with Gasteiger partial charge in [0.15, 0.2) is 5.78 Å². The summed E-state index contributed by atoms with van der Waals surface area (Å²) in [5, 5.41) is 0. The molecule has 0 N–H and O–H groups in total. The molecular formula is C25H33NO2. The Morgan fingerprint density at radius 3 is 1.86 bits per heavy atom. The number of carbonyl (C=O) groups is 1. The number of ketones is 1. The van der Waals surface area contributed by atoms with Crippen LogP contribution in [0.5, 0.6) is 0 Å². The third kappa shape index (κ3) is 6.29. The third-order valence-electron chi connectivity index (χ3n) is 5.72. The summed E-state index contributed by atoms with van der Waals surface area (Å²) in [5.41, 5.74) is 2.72. The summed E-state index contributed by atoms with van der Waals surface area (Å²) < 4.78 is 5.90. The van der Waals surface area contributed by atoms with Crippen molar-refractivity contribution in [1.29, 1.82) is 0 Å². The molecule has 0 spiro atoms. The number of nitrogens with zero attached hydrogens (tertiary/aromatic N) is 1. The molecule has 3 nitrogen and oxygen atoms in total. The first-order valence-corrected chi connectivity index (χ1v) is 10.6. The average Bonchev–Trinajstić information content (AvgIpc) is 2.73. The fourth-order valence-electron chi connectivity index (χ4n) is 3.89. The lowest BCUT2D eigenvalue weighted by Crippen LogP contribution is -2.39. The molecule has 2 aromatic rings. The van der Waals surface area contributed by atoms with Gasteiger partial charge < -0.3 is 4.74 Å². The predicted molar refractivity (Wildman–Crippen MR) is 114 cm³/mol. The normalized spacial score (nSPS) is 19.9. The van der Waals surface area contributed by atoms with E-state index in [2.05, 4.69) is 65.6 Å². The lowest BCUT2D eigenvalue weighted by Gasteiger charge is -2.37. The standard InChI is InChI=1S/C25H33NO2/c1-20(2)25(27)19-28-24-15-13-23(14-16-24)26(17-21-9-5-3-6-10-21)18-22-11-7-4-8-12-22/h3-12,20,23-24H,13-19H2,1-2H3. The molecule has 0 atom stereocenters. The van der Waals surface area contributed by atoms with Crippen LogP contribution in [0.25, 0.3) is 0 Å². The second-order valence-corrected chi connectivity index (χ2v) is 8.24.